The van der Waals surface area contributed by atoms with Gasteiger partial charge in [0.25, 0.3) is 0 Å². The molecule has 0 saturated carbocycles. The van der Waals surface area contributed by atoms with Crippen LogP contribution in [-0.4, -0.2) is 14.2 Å². The van der Waals surface area contributed by atoms with Crippen LogP contribution < -0.4 is 4.74 Å². The first-order valence-electron chi connectivity index (χ1n) is 19.2. The lowest BCUT2D eigenvalue weighted by Crippen LogP contribution is -2.01. The third-order valence-electron chi connectivity index (χ3n) is 8.51. The van der Waals surface area contributed by atoms with Gasteiger partial charge in [-0.05, 0) is 97.0 Å². The average molecular weight is 825 g/mol. The summed E-state index contributed by atoms with van der Waals surface area (Å²) in [5.74, 6) is 1.84. The van der Waals surface area contributed by atoms with Crippen molar-refractivity contribution >= 4 is 15.6 Å². The minimum Gasteiger partial charge on any atom is -0.457 e. The molecule has 0 atom stereocenters. The van der Waals surface area contributed by atoms with Crippen LogP contribution in [0.3, 0.4) is 0 Å². The number of rotatable bonds is 6. The highest BCUT2D eigenvalue weighted by Gasteiger charge is 2.16. The minimum absolute atomic E-state index is 0. The maximum Gasteiger partial charge on any atom is 0.206 e. The SMILES string of the molecule is C.C.C.CC.Cc1ccc(C(=O)c2ccc(C)cc2)cc1.Cc1ccc(Oc2ccc(C)cc2)cc1.Cc1ccc(S(=O)(=O)c2ccc(C)cc2)cc1.Cc1ccccc1. The van der Waals surface area contributed by atoms with Crippen LogP contribution in [0.4, 0.5) is 0 Å². The average Bonchev–Trinajstić information content (AvgIpc) is 3.22. The second kappa shape index (κ2) is 27.6. The molecule has 0 saturated heterocycles. The normalized spacial score (nSPS) is 9.55. The molecule has 0 spiro atoms. The first-order chi connectivity index (χ1) is 27.3. The Bertz CT molecular complexity index is 2170. The Balaban J connectivity index is 0.000000773. The zero-order chi connectivity index (χ0) is 41.8. The Labute approximate surface area is 363 Å². The third-order valence-corrected chi connectivity index (χ3v) is 10.3. The van der Waals surface area contributed by atoms with Gasteiger partial charge in [0.1, 0.15) is 11.5 Å². The van der Waals surface area contributed by atoms with Crippen LogP contribution in [0.2, 0.25) is 0 Å². The number of aryl methyl sites for hydroxylation is 7. The molecule has 0 unspecified atom stereocenters. The molecule has 0 aliphatic heterocycles. The predicted octanol–water partition coefficient (Wildman–Crippen LogP) is 15.7. The number of carbonyl (C=O) groups is 1. The maximum atomic E-state index is 12.3. The Morgan fingerprint density at radius 2 is 0.583 bits per heavy atom. The highest BCUT2D eigenvalue weighted by molar-refractivity contribution is 7.91. The second-order valence-corrected chi connectivity index (χ2v) is 15.5. The number of carbonyl (C=O) groups excluding carboxylic acids is 1. The van der Waals surface area contributed by atoms with Crippen LogP contribution >= 0.6 is 0 Å². The molecular weight excluding hydrogens is 757 g/mol. The highest BCUT2D eigenvalue weighted by Crippen LogP contribution is 2.23. The monoisotopic (exact) mass is 824 g/mol. The number of ether oxygens (including phenoxy) is 1. The van der Waals surface area contributed by atoms with Crippen molar-refractivity contribution in [3.8, 4) is 11.5 Å². The number of hydrogen-bond acceptors (Lipinski definition) is 4. The van der Waals surface area contributed by atoms with E-state index in [0.717, 1.165) is 33.8 Å². The zero-order valence-electron chi connectivity index (χ0n) is 34.8. The molecule has 0 amide bonds. The molecule has 0 heterocycles. The van der Waals surface area contributed by atoms with Crippen LogP contribution in [0.25, 0.3) is 0 Å². The van der Waals surface area contributed by atoms with Crippen LogP contribution in [0.5, 0.6) is 11.5 Å². The summed E-state index contributed by atoms with van der Waals surface area (Å²) in [6, 6.07) is 55.5. The Kier molecular flexibility index (Phi) is 24.8. The Morgan fingerprint density at radius 1 is 0.350 bits per heavy atom. The molecule has 0 aliphatic rings. The summed E-state index contributed by atoms with van der Waals surface area (Å²) < 4.78 is 30.2. The van der Waals surface area contributed by atoms with Gasteiger partial charge in [-0.1, -0.05) is 202 Å². The summed E-state index contributed by atoms with van der Waals surface area (Å²) in [5, 5.41) is 0. The van der Waals surface area contributed by atoms with Crippen molar-refractivity contribution in [2.24, 2.45) is 0 Å². The lowest BCUT2D eigenvalue weighted by atomic mass is 10.0. The fraction of sp³-hybridized carbons (Fsp3) is 0.218. The molecule has 0 fully saturated rings. The molecule has 0 bridgehead atoms. The van der Waals surface area contributed by atoms with Gasteiger partial charge in [0.2, 0.25) is 9.84 Å². The van der Waals surface area contributed by atoms with E-state index in [4.69, 9.17) is 4.74 Å². The van der Waals surface area contributed by atoms with Crippen molar-refractivity contribution in [2.75, 3.05) is 0 Å². The van der Waals surface area contributed by atoms with Crippen molar-refractivity contribution in [1.29, 1.82) is 0 Å². The zero-order valence-corrected chi connectivity index (χ0v) is 35.6. The van der Waals surface area contributed by atoms with Crippen LogP contribution in [0.1, 0.15) is 91.0 Å². The van der Waals surface area contributed by atoms with Gasteiger partial charge in [0.05, 0.1) is 9.79 Å². The van der Waals surface area contributed by atoms with Crippen molar-refractivity contribution in [1.82, 2.24) is 0 Å². The van der Waals surface area contributed by atoms with E-state index in [9.17, 15) is 13.2 Å². The van der Waals surface area contributed by atoms with E-state index >= 15 is 0 Å². The summed E-state index contributed by atoms with van der Waals surface area (Å²) in [6.45, 7) is 18.1. The smallest absolute Gasteiger partial charge is 0.206 e. The van der Waals surface area contributed by atoms with E-state index in [1.807, 2.05) is 157 Å². The lowest BCUT2D eigenvalue weighted by molar-refractivity contribution is 0.103. The molecule has 7 rings (SSSR count). The molecule has 7 aromatic rings. The van der Waals surface area contributed by atoms with E-state index in [0.29, 0.717) is 9.79 Å². The largest absolute Gasteiger partial charge is 0.457 e. The summed E-state index contributed by atoms with van der Waals surface area (Å²) in [6.07, 6.45) is 0. The molecule has 0 N–H and O–H groups in total. The number of benzene rings is 7. The fourth-order valence-electron chi connectivity index (χ4n) is 5.03. The number of sulfone groups is 1. The van der Waals surface area contributed by atoms with Gasteiger partial charge < -0.3 is 4.74 Å². The predicted molar refractivity (Wildman–Crippen MR) is 259 cm³/mol. The highest BCUT2D eigenvalue weighted by atomic mass is 32.2. The maximum absolute atomic E-state index is 12.3. The quantitative estimate of drug-likeness (QED) is 0.157. The van der Waals surface area contributed by atoms with Crippen molar-refractivity contribution in [3.05, 3.63) is 226 Å². The summed E-state index contributed by atoms with van der Waals surface area (Å²) >= 11 is 0. The second-order valence-electron chi connectivity index (χ2n) is 13.6. The molecule has 60 heavy (non-hydrogen) atoms. The number of hydrogen-bond donors (Lipinski definition) is 0. The van der Waals surface area contributed by atoms with Gasteiger partial charge in [-0.25, -0.2) is 8.42 Å². The molecular formula is C55H68O4S. The van der Waals surface area contributed by atoms with Crippen molar-refractivity contribution in [2.45, 2.75) is 94.4 Å². The molecule has 0 aliphatic carbocycles. The third kappa shape index (κ3) is 18.3. The standard InChI is InChI=1S/C15H14O.C14H14O2S.C14H14O.C7H8.C2H6.3CH4/c1-11-3-7-13(8-4-11)15(16)14-9-5-12(2)6-10-14;1-11-3-7-13(8-4-11)17(15,16)14-9-5-12(2)6-10-14;1-11-3-7-13(8-4-11)15-14-9-5-12(2)6-10-14;1-7-5-3-2-4-6-7;1-2;;;/h3-10H,1-2H3;3-10H,1-2H3;3-10H,1-2H3;2-6H,1H3;1-2H3;3*1H4. The Hall–Kier alpha value is -6.04. The first-order valence-corrected chi connectivity index (χ1v) is 20.7. The molecule has 4 nitrogen and oxygen atoms in total. The fourth-order valence-corrected chi connectivity index (χ4v) is 6.29. The van der Waals surface area contributed by atoms with Gasteiger partial charge in [-0.3, -0.25) is 4.79 Å². The first kappa shape index (κ1) is 54.0. The van der Waals surface area contributed by atoms with Crippen molar-refractivity contribution < 1.29 is 17.9 Å². The van der Waals surface area contributed by atoms with Gasteiger partial charge >= 0.3 is 0 Å². The van der Waals surface area contributed by atoms with Gasteiger partial charge in [-0.2, -0.15) is 0 Å². The van der Waals surface area contributed by atoms with E-state index in [1.54, 1.807) is 48.5 Å². The lowest BCUT2D eigenvalue weighted by Gasteiger charge is -2.05. The summed E-state index contributed by atoms with van der Waals surface area (Å²) in [7, 11) is -3.37. The van der Waals surface area contributed by atoms with E-state index < -0.39 is 9.84 Å². The number of ketones is 1. The van der Waals surface area contributed by atoms with Gasteiger partial charge in [0.15, 0.2) is 5.78 Å². The molecule has 7 aromatic carbocycles. The van der Waals surface area contributed by atoms with Crippen molar-refractivity contribution in [3.63, 3.8) is 0 Å². The molecule has 5 heteroatoms. The van der Waals surface area contributed by atoms with E-state index in [1.165, 1.54) is 27.8 Å². The topological polar surface area (TPSA) is 60.4 Å². The van der Waals surface area contributed by atoms with Crippen LogP contribution in [0, 0.1) is 48.5 Å². The van der Waals surface area contributed by atoms with Crippen LogP contribution in [-0.2, 0) is 9.84 Å². The van der Waals surface area contributed by atoms with E-state index in [2.05, 4.69) is 32.9 Å². The molecule has 318 valence electrons. The van der Waals surface area contributed by atoms with Crippen LogP contribution in [0.15, 0.2) is 186 Å². The summed E-state index contributed by atoms with van der Waals surface area (Å²) in [4.78, 5) is 12.7. The molecule has 0 aromatic heterocycles. The Morgan fingerprint density at radius 3 is 0.833 bits per heavy atom. The van der Waals surface area contributed by atoms with E-state index in [-0.39, 0.29) is 28.1 Å². The summed E-state index contributed by atoms with van der Waals surface area (Å²) in [5.41, 5.74) is 9.73. The van der Waals surface area contributed by atoms with Gasteiger partial charge in [0, 0.05) is 11.1 Å². The minimum atomic E-state index is -3.37. The van der Waals surface area contributed by atoms with Gasteiger partial charge in [-0.15, -0.1) is 0 Å². The molecule has 0 radical (unpaired) electrons.